The van der Waals surface area contributed by atoms with Crippen molar-refractivity contribution in [2.45, 2.75) is 13.0 Å². The van der Waals surface area contributed by atoms with E-state index >= 15 is 0 Å². The summed E-state index contributed by atoms with van der Waals surface area (Å²) >= 11 is 0. The monoisotopic (exact) mass is 249 g/mol. The lowest BCUT2D eigenvalue weighted by molar-refractivity contribution is -0.145. The third-order valence-corrected chi connectivity index (χ3v) is 3.19. The Hall–Kier alpha value is -2.04. The summed E-state index contributed by atoms with van der Waals surface area (Å²) < 4.78 is 4.73. The molecule has 18 heavy (non-hydrogen) atoms. The zero-order valence-electron chi connectivity index (χ0n) is 10.1. The Bertz CT molecular complexity index is 472. The van der Waals surface area contributed by atoms with E-state index in [1.165, 1.54) is 12.0 Å². The average Bonchev–Trinajstić information content (AvgIpc) is 2.57. The van der Waals surface area contributed by atoms with Crippen LogP contribution in [0.25, 0.3) is 0 Å². The zero-order chi connectivity index (χ0) is 13.1. The molecule has 1 N–H and O–H groups in total. The molecule has 1 heterocycles. The normalized spacial score (nSPS) is 18.7. The predicted molar refractivity (Wildman–Crippen MR) is 64.1 cm³/mol. The molecule has 0 radical (unpaired) electrons. The van der Waals surface area contributed by atoms with E-state index in [1.54, 1.807) is 0 Å². The summed E-state index contributed by atoms with van der Waals surface area (Å²) in [5.74, 6) is -0.798. The van der Waals surface area contributed by atoms with Crippen LogP contribution >= 0.6 is 0 Å². The zero-order valence-corrected chi connectivity index (χ0v) is 10.1. The maximum atomic E-state index is 11.7. The second kappa shape index (κ2) is 5.08. The van der Waals surface area contributed by atoms with Crippen molar-refractivity contribution in [3.8, 4) is 0 Å². The molecule has 1 unspecified atom stereocenters. The lowest BCUT2D eigenvalue weighted by Crippen LogP contribution is -2.35. The van der Waals surface area contributed by atoms with Crippen molar-refractivity contribution in [1.82, 2.24) is 4.90 Å². The van der Waals surface area contributed by atoms with Crippen LogP contribution in [0.4, 0.5) is 4.79 Å². The number of esters is 1. The standard InChI is InChI=1S/C13H15NO4/c1-18-12(15)11-6-9-4-2-3-5-10(9)7-14(8-11)13(16)17/h2-5,11H,6-8H2,1H3,(H,16,17). The minimum Gasteiger partial charge on any atom is -0.469 e. The molecule has 1 aliphatic rings. The predicted octanol–water partition coefficient (Wildman–Crippen LogP) is 1.51. The summed E-state index contributed by atoms with van der Waals surface area (Å²) in [6.07, 6.45) is -0.493. The molecule has 1 amide bonds. The summed E-state index contributed by atoms with van der Waals surface area (Å²) in [7, 11) is 1.32. The highest BCUT2D eigenvalue weighted by Crippen LogP contribution is 2.22. The summed E-state index contributed by atoms with van der Waals surface area (Å²) in [5.41, 5.74) is 1.96. The van der Waals surface area contributed by atoms with Gasteiger partial charge in [0.25, 0.3) is 0 Å². The average molecular weight is 249 g/mol. The molecule has 5 heteroatoms. The number of nitrogens with zero attached hydrogens (tertiary/aromatic N) is 1. The third kappa shape index (κ3) is 2.45. The molecule has 1 atom stereocenters. The van der Waals surface area contributed by atoms with Gasteiger partial charge in [-0.2, -0.15) is 0 Å². The minimum absolute atomic E-state index is 0.177. The van der Waals surface area contributed by atoms with Crippen molar-refractivity contribution in [2.24, 2.45) is 5.92 Å². The fourth-order valence-corrected chi connectivity index (χ4v) is 2.25. The van der Waals surface area contributed by atoms with Crippen LogP contribution in [0, 0.1) is 5.92 Å². The summed E-state index contributed by atoms with van der Waals surface area (Å²) in [5, 5.41) is 9.13. The number of methoxy groups -OCH3 is 1. The van der Waals surface area contributed by atoms with Crippen molar-refractivity contribution in [3.63, 3.8) is 0 Å². The van der Waals surface area contributed by atoms with Crippen molar-refractivity contribution in [1.29, 1.82) is 0 Å². The molecule has 1 aromatic carbocycles. The van der Waals surface area contributed by atoms with E-state index in [0.29, 0.717) is 13.0 Å². The summed E-state index contributed by atoms with van der Waals surface area (Å²) in [4.78, 5) is 24.1. The molecule has 96 valence electrons. The molecule has 0 spiro atoms. The van der Waals surface area contributed by atoms with Gasteiger partial charge in [0.2, 0.25) is 0 Å². The van der Waals surface area contributed by atoms with Crippen LogP contribution in [0.1, 0.15) is 11.1 Å². The van der Waals surface area contributed by atoms with Crippen molar-refractivity contribution >= 4 is 12.1 Å². The first-order valence-corrected chi connectivity index (χ1v) is 5.74. The van der Waals surface area contributed by atoms with Crippen LogP contribution in [-0.2, 0) is 22.5 Å². The molecule has 5 nitrogen and oxygen atoms in total. The molecular formula is C13H15NO4. The molecule has 0 fully saturated rings. The Morgan fingerprint density at radius 2 is 2.00 bits per heavy atom. The second-order valence-corrected chi connectivity index (χ2v) is 4.36. The van der Waals surface area contributed by atoms with Gasteiger partial charge in [-0.05, 0) is 17.5 Å². The largest absolute Gasteiger partial charge is 0.469 e. The Morgan fingerprint density at radius 1 is 1.33 bits per heavy atom. The Morgan fingerprint density at radius 3 is 2.61 bits per heavy atom. The van der Waals surface area contributed by atoms with E-state index in [0.717, 1.165) is 11.1 Å². The van der Waals surface area contributed by atoms with Gasteiger partial charge in [-0.25, -0.2) is 4.79 Å². The van der Waals surface area contributed by atoms with Gasteiger partial charge in [0.05, 0.1) is 13.0 Å². The van der Waals surface area contributed by atoms with E-state index in [2.05, 4.69) is 0 Å². The SMILES string of the molecule is COC(=O)C1Cc2ccccc2CN(C(=O)O)C1. The molecular weight excluding hydrogens is 234 g/mol. The van der Waals surface area contributed by atoms with Crippen molar-refractivity contribution < 1.29 is 19.4 Å². The lowest BCUT2D eigenvalue weighted by atomic mass is 9.97. The third-order valence-electron chi connectivity index (χ3n) is 3.19. The first-order valence-electron chi connectivity index (χ1n) is 5.74. The second-order valence-electron chi connectivity index (χ2n) is 4.36. The molecule has 1 aromatic rings. The van der Waals surface area contributed by atoms with Gasteiger partial charge < -0.3 is 14.7 Å². The number of fused-ring (bicyclic) bond motifs is 1. The number of carbonyl (C=O) groups excluding carboxylic acids is 1. The number of hydrogen-bond donors (Lipinski definition) is 1. The van der Waals surface area contributed by atoms with Crippen LogP contribution < -0.4 is 0 Å². The maximum Gasteiger partial charge on any atom is 0.407 e. The van der Waals surface area contributed by atoms with Crippen molar-refractivity contribution in [2.75, 3.05) is 13.7 Å². The highest BCUT2D eigenvalue weighted by Gasteiger charge is 2.29. The van der Waals surface area contributed by atoms with Crippen LogP contribution in [0.15, 0.2) is 24.3 Å². The van der Waals surface area contributed by atoms with Gasteiger partial charge in [-0.15, -0.1) is 0 Å². The fraction of sp³-hybridized carbons (Fsp3) is 0.385. The van der Waals surface area contributed by atoms with Gasteiger partial charge in [0.1, 0.15) is 0 Å². The number of ether oxygens (including phenoxy) is 1. The van der Waals surface area contributed by atoms with E-state index in [9.17, 15) is 9.59 Å². The Kier molecular flexibility index (Phi) is 3.50. The highest BCUT2D eigenvalue weighted by atomic mass is 16.5. The molecule has 2 rings (SSSR count). The number of rotatable bonds is 1. The van der Waals surface area contributed by atoms with E-state index in [4.69, 9.17) is 9.84 Å². The van der Waals surface area contributed by atoms with Crippen LogP contribution in [0.5, 0.6) is 0 Å². The quantitative estimate of drug-likeness (QED) is 0.766. The molecule has 0 aliphatic carbocycles. The number of hydrogen-bond acceptors (Lipinski definition) is 3. The first-order chi connectivity index (χ1) is 8.61. The highest BCUT2D eigenvalue weighted by molar-refractivity contribution is 5.74. The lowest BCUT2D eigenvalue weighted by Gasteiger charge is -2.20. The molecule has 0 saturated carbocycles. The molecule has 0 saturated heterocycles. The van der Waals surface area contributed by atoms with Gasteiger partial charge in [-0.3, -0.25) is 4.79 Å². The molecule has 0 aromatic heterocycles. The topological polar surface area (TPSA) is 66.8 Å². The minimum atomic E-state index is -1.01. The summed E-state index contributed by atoms with van der Waals surface area (Å²) in [6.45, 7) is 0.496. The van der Waals surface area contributed by atoms with Crippen LogP contribution in [-0.4, -0.2) is 35.7 Å². The van der Waals surface area contributed by atoms with Crippen LogP contribution in [0.3, 0.4) is 0 Å². The van der Waals surface area contributed by atoms with Gasteiger partial charge in [0, 0.05) is 13.1 Å². The van der Waals surface area contributed by atoms with Crippen LogP contribution in [0.2, 0.25) is 0 Å². The smallest absolute Gasteiger partial charge is 0.407 e. The van der Waals surface area contributed by atoms with Gasteiger partial charge in [0.15, 0.2) is 0 Å². The number of amides is 1. The first kappa shape index (κ1) is 12.4. The Balaban J connectivity index is 2.33. The van der Waals surface area contributed by atoms with Gasteiger partial charge >= 0.3 is 12.1 Å². The number of benzene rings is 1. The summed E-state index contributed by atoms with van der Waals surface area (Å²) in [6, 6.07) is 7.59. The fourth-order valence-electron chi connectivity index (χ4n) is 2.25. The van der Waals surface area contributed by atoms with E-state index in [1.807, 2.05) is 24.3 Å². The van der Waals surface area contributed by atoms with E-state index in [-0.39, 0.29) is 12.5 Å². The number of carboxylic acid groups (broad SMARTS) is 1. The van der Waals surface area contributed by atoms with Crippen molar-refractivity contribution in [3.05, 3.63) is 35.4 Å². The van der Waals surface area contributed by atoms with E-state index < -0.39 is 12.0 Å². The number of carbonyl (C=O) groups is 2. The molecule has 1 aliphatic heterocycles. The Labute approximate surface area is 105 Å². The van der Waals surface area contributed by atoms with Gasteiger partial charge in [-0.1, -0.05) is 24.3 Å². The maximum absolute atomic E-state index is 11.7. The molecule has 0 bridgehead atoms.